The van der Waals surface area contributed by atoms with E-state index in [2.05, 4.69) is 30.0 Å². The van der Waals surface area contributed by atoms with Crippen LogP contribution in [-0.4, -0.2) is 78.7 Å². The second kappa shape index (κ2) is 7.78. The second-order valence-corrected chi connectivity index (χ2v) is 11.2. The molecule has 2 saturated heterocycles. The van der Waals surface area contributed by atoms with Gasteiger partial charge in [0.25, 0.3) is 0 Å². The predicted octanol–water partition coefficient (Wildman–Crippen LogP) is 2.81. The molecule has 3 fully saturated rings. The average Bonchev–Trinajstić information content (AvgIpc) is 3.10. The summed E-state index contributed by atoms with van der Waals surface area (Å²) in [6.45, 7) is 4.19. The Kier molecular flexibility index (Phi) is 4.87. The van der Waals surface area contributed by atoms with Gasteiger partial charge in [-0.3, -0.25) is 14.5 Å². The maximum Gasteiger partial charge on any atom is 0.417 e. The average molecular weight is 533 g/mol. The molecule has 2 aromatic heterocycles. The van der Waals surface area contributed by atoms with Crippen LogP contribution in [0.4, 0.5) is 24.9 Å². The summed E-state index contributed by atoms with van der Waals surface area (Å²) in [7, 11) is 0. The monoisotopic (exact) mass is 532 g/mol. The minimum atomic E-state index is -4.64. The number of nitrogens with zero attached hydrogens (tertiary/aromatic N) is 8. The van der Waals surface area contributed by atoms with Crippen molar-refractivity contribution >= 4 is 23.4 Å². The number of aliphatic hydroxyl groups is 1. The highest BCUT2D eigenvalue weighted by Gasteiger charge is 2.62. The zero-order valence-corrected chi connectivity index (χ0v) is 20.5. The van der Waals surface area contributed by atoms with Crippen molar-refractivity contribution in [1.82, 2.24) is 29.6 Å². The van der Waals surface area contributed by atoms with E-state index in [1.807, 2.05) is 21.6 Å². The standard InChI is InChI=1S/C24H24ClF3N8O/c25-16-1-2-18-15(5-16)9-33(17-6-23(37,7-17)24(26,27)28)10-20-31-32-21(36(18)20)35-13-22(14-35)11-34(12-22)19-8-29-3-4-30-19/h1-5,8,17,37H,6-7,9-14H2. The summed E-state index contributed by atoms with van der Waals surface area (Å²) < 4.78 is 41.8. The van der Waals surface area contributed by atoms with Crippen molar-refractivity contribution in [2.75, 3.05) is 36.0 Å². The first kappa shape index (κ1) is 23.2. The number of halogens is 4. The van der Waals surface area contributed by atoms with Gasteiger partial charge in [-0.05, 0) is 23.8 Å². The SMILES string of the molecule is OC1(C(F)(F)F)CC(N2Cc3cc(Cl)ccc3-n3c(nnc3N3CC4(CN(c5cnccn5)C4)C3)C2)C1. The van der Waals surface area contributed by atoms with Gasteiger partial charge in [0, 0.05) is 74.4 Å². The molecule has 3 aromatic rings. The largest absolute Gasteiger partial charge is 0.417 e. The molecule has 37 heavy (non-hydrogen) atoms. The van der Waals surface area contributed by atoms with Gasteiger partial charge in [0.2, 0.25) is 5.95 Å². The van der Waals surface area contributed by atoms with Gasteiger partial charge in [0.1, 0.15) is 5.82 Å². The van der Waals surface area contributed by atoms with E-state index >= 15 is 0 Å². The van der Waals surface area contributed by atoms with Crippen LogP contribution in [0.15, 0.2) is 36.8 Å². The third kappa shape index (κ3) is 3.60. The fraction of sp³-hybridized carbons (Fsp3) is 0.500. The van der Waals surface area contributed by atoms with Crippen molar-refractivity contribution in [3.63, 3.8) is 0 Å². The molecule has 194 valence electrons. The number of benzene rings is 1. The lowest BCUT2D eigenvalue weighted by atomic mass is 9.73. The van der Waals surface area contributed by atoms with E-state index in [4.69, 9.17) is 11.6 Å². The molecule has 7 rings (SSSR count). The first-order chi connectivity index (χ1) is 17.6. The molecule has 0 amide bonds. The van der Waals surface area contributed by atoms with Crippen LogP contribution in [0.1, 0.15) is 24.2 Å². The normalized spacial score (nSPS) is 26.6. The lowest BCUT2D eigenvalue weighted by Crippen LogP contribution is -2.73. The number of hydrogen-bond acceptors (Lipinski definition) is 8. The Labute approximate surface area is 215 Å². The molecule has 13 heteroatoms. The van der Waals surface area contributed by atoms with Gasteiger partial charge in [0.15, 0.2) is 11.4 Å². The maximum absolute atomic E-state index is 13.3. The van der Waals surface area contributed by atoms with Crippen LogP contribution in [0.5, 0.6) is 0 Å². The molecule has 0 radical (unpaired) electrons. The summed E-state index contributed by atoms with van der Waals surface area (Å²) >= 11 is 6.31. The van der Waals surface area contributed by atoms with Gasteiger partial charge in [0.05, 0.1) is 18.4 Å². The van der Waals surface area contributed by atoms with E-state index in [-0.39, 0.29) is 18.3 Å². The van der Waals surface area contributed by atoms with E-state index in [1.54, 1.807) is 24.7 Å². The first-order valence-corrected chi connectivity index (χ1v) is 12.5. The summed E-state index contributed by atoms with van der Waals surface area (Å²) in [5.74, 6) is 2.26. The maximum atomic E-state index is 13.3. The van der Waals surface area contributed by atoms with Gasteiger partial charge in [-0.15, -0.1) is 10.2 Å². The Morgan fingerprint density at radius 1 is 1.00 bits per heavy atom. The number of hydrogen-bond donors (Lipinski definition) is 1. The topological polar surface area (TPSA) is 86.4 Å². The van der Waals surface area contributed by atoms with Gasteiger partial charge in [-0.2, -0.15) is 13.2 Å². The Balaban J connectivity index is 1.13. The van der Waals surface area contributed by atoms with Crippen LogP contribution in [0.25, 0.3) is 5.69 Å². The molecule has 1 aromatic carbocycles. The van der Waals surface area contributed by atoms with Crippen LogP contribution >= 0.6 is 11.6 Å². The van der Waals surface area contributed by atoms with Crippen molar-refractivity contribution in [2.24, 2.45) is 5.41 Å². The molecule has 4 aliphatic rings. The van der Waals surface area contributed by atoms with Gasteiger partial charge in [-0.25, -0.2) is 4.98 Å². The molecule has 1 saturated carbocycles. The number of fused-ring (bicyclic) bond motifs is 3. The molecule has 1 aliphatic carbocycles. The highest BCUT2D eigenvalue weighted by molar-refractivity contribution is 6.30. The Morgan fingerprint density at radius 2 is 1.76 bits per heavy atom. The van der Waals surface area contributed by atoms with Crippen molar-refractivity contribution < 1.29 is 18.3 Å². The minimum Gasteiger partial charge on any atom is -0.380 e. The van der Waals surface area contributed by atoms with E-state index < -0.39 is 17.8 Å². The third-order valence-electron chi connectivity index (χ3n) is 8.17. The molecule has 0 unspecified atom stereocenters. The smallest absolute Gasteiger partial charge is 0.380 e. The number of alkyl halides is 3. The van der Waals surface area contributed by atoms with Crippen LogP contribution in [0, 0.1) is 5.41 Å². The number of anilines is 2. The van der Waals surface area contributed by atoms with Crippen molar-refractivity contribution in [1.29, 1.82) is 0 Å². The van der Waals surface area contributed by atoms with Crippen molar-refractivity contribution in [3.05, 3.63) is 53.2 Å². The molecule has 3 aliphatic heterocycles. The van der Waals surface area contributed by atoms with E-state index in [9.17, 15) is 18.3 Å². The fourth-order valence-electron chi connectivity index (χ4n) is 6.17. The second-order valence-electron chi connectivity index (χ2n) is 10.8. The Bertz CT molecular complexity index is 1350. The molecule has 5 heterocycles. The minimum absolute atomic E-state index is 0.164. The Morgan fingerprint density at radius 3 is 2.46 bits per heavy atom. The van der Waals surface area contributed by atoms with Crippen molar-refractivity contribution in [3.8, 4) is 5.69 Å². The third-order valence-corrected chi connectivity index (χ3v) is 8.40. The van der Waals surface area contributed by atoms with Crippen LogP contribution < -0.4 is 9.80 Å². The van der Waals surface area contributed by atoms with Gasteiger partial charge < -0.3 is 14.9 Å². The van der Waals surface area contributed by atoms with Gasteiger partial charge >= 0.3 is 6.18 Å². The fourth-order valence-corrected chi connectivity index (χ4v) is 6.36. The molecular weight excluding hydrogens is 509 g/mol. The lowest BCUT2D eigenvalue weighted by Gasteiger charge is -2.60. The van der Waals surface area contributed by atoms with Crippen LogP contribution in [0.2, 0.25) is 5.02 Å². The molecule has 0 atom stereocenters. The molecule has 0 bridgehead atoms. The lowest BCUT2D eigenvalue weighted by molar-refractivity contribution is -0.300. The van der Waals surface area contributed by atoms with E-state index in [1.165, 1.54) is 0 Å². The predicted molar refractivity (Wildman–Crippen MR) is 129 cm³/mol. The zero-order chi connectivity index (χ0) is 25.6. The number of rotatable bonds is 3. The molecule has 9 nitrogen and oxygen atoms in total. The van der Waals surface area contributed by atoms with E-state index in [0.29, 0.717) is 23.9 Å². The molecule has 1 spiro atoms. The summed E-state index contributed by atoms with van der Waals surface area (Å²) in [6, 6.07) is 5.15. The van der Waals surface area contributed by atoms with Crippen molar-refractivity contribution in [2.45, 2.75) is 43.8 Å². The van der Waals surface area contributed by atoms with E-state index in [0.717, 1.165) is 49.2 Å². The summed E-state index contributed by atoms with van der Waals surface area (Å²) in [5, 5.41) is 19.5. The van der Waals surface area contributed by atoms with Crippen LogP contribution in [0.3, 0.4) is 0 Å². The van der Waals surface area contributed by atoms with Crippen LogP contribution in [-0.2, 0) is 13.1 Å². The zero-order valence-electron chi connectivity index (χ0n) is 19.7. The summed E-state index contributed by atoms with van der Waals surface area (Å²) in [4.78, 5) is 14.9. The number of aromatic nitrogens is 5. The van der Waals surface area contributed by atoms with Gasteiger partial charge in [-0.1, -0.05) is 11.6 Å². The summed E-state index contributed by atoms with van der Waals surface area (Å²) in [6.07, 6.45) is -0.225. The quantitative estimate of drug-likeness (QED) is 0.551. The molecule has 1 N–H and O–H groups in total. The Hall–Kier alpha value is -2.96. The highest BCUT2D eigenvalue weighted by atomic mass is 35.5. The first-order valence-electron chi connectivity index (χ1n) is 12.2. The highest BCUT2D eigenvalue weighted by Crippen LogP contribution is 2.49. The molecular formula is C24H24ClF3N8O. The summed E-state index contributed by atoms with van der Waals surface area (Å²) in [5.41, 5.74) is -0.698.